The molecule has 160 valence electrons. The van der Waals surface area contributed by atoms with Crippen molar-refractivity contribution in [2.75, 3.05) is 0 Å². The Bertz CT molecular complexity index is 1060. The van der Waals surface area contributed by atoms with Gasteiger partial charge in [-0.1, -0.05) is 40.2 Å². The van der Waals surface area contributed by atoms with Gasteiger partial charge in [-0.3, -0.25) is 0 Å². The summed E-state index contributed by atoms with van der Waals surface area (Å²) in [5, 5.41) is 3.80. The number of halogens is 8. The van der Waals surface area contributed by atoms with Crippen molar-refractivity contribution in [1.29, 1.82) is 0 Å². The lowest BCUT2D eigenvalue weighted by Gasteiger charge is -2.15. The van der Waals surface area contributed by atoms with Crippen molar-refractivity contribution in [2.24, 2.45) is 0 Å². The largest absolute Gasteiger partial charge is 0.460 e. The number of ether oxygens (including phenoxy) is 1. The van der Waals surface area contributed by atoms with Gasteiger partial charge in [0.05, 0.1) is 5.56 Å². The summed E-state index contributed by atoms with van der Waals surface area (Å²) in [6.07, 6.45) is -10.5. The second-order valence-electron chi connectivity index (χ2n) is 6.13. The number of hydrogen-bond donors (Lipinski definition) is 0. The molecular formula is C18H10F8N2OS. The average molecular weight is 454 g/mol. The lowest BCUT2D eigenvalue weighted by Crippen LogP contribution is -2.33. The highest BCUT2D eigenvalue weighted by Crippen LogP contribution is 2.46. The fourth-order valence-corrected chi connectivity index (χ4v) is 3.12. The highest BCUT2D eigenvalue weighted by atomic mass is 32.1. The van der Waals surface area contributed by atoms with Crippen LogP contribution in [0.4, 0.5) is 35.1 Å². The molecular weight excluding hydrogens is 444 g/mol. The molecule has 30 heavy (non-hydrogen) atoms. The molecule has 0 saturated heterocycles. The van der Waals surface area contributed by atoms with Gasteiger partial charge >= 0.3 is 18.3 Å². The number of benzene rings is 2. The molecule has 1 heterocycles. The quantitative estimate of drug-likeness (QED) is 0.399. The van der Waals surface area contributed by atoms with Gasteiger partial charge in [-0.2, -0.15) is 35.1 Å². The fraction of sp³-hybridized carbons (Fsp3) is 0.222. The first-order chi connectivity index (χ1) is 13.8. The molecule has 0 radical (unpaired) electrons. The van der Waals surface area contributed by atoms with E-state index in [2.05, 4.69) is 10.2 Å². The summed E-state index contributed by atoms with van der Waals surface area (Å²) in [6.45, 7) is 1.66. The molecule has 0 atom stereocenters. The van der Waals surface area contributed by atoms with E-state index in [-0.39, 0.29) is 28.2 Å². The summed E-state index contributed by atoms with van der Waals surface area (Å²) in [4.78, 5) is 0. The molecule has 12 heteroatoms. The zero-order valence-electron chi connectivity index (χ0n) is 14.8. The summed E-state index contributed by atoms with van der Waals surface area (Å²) in [5.41, 5.74) is 0.00103. The molecule has 0 spiro atoms. The highest BCUT2D eigenvalue weighted by molar-refractivity contribution is 7.13. The first kappa shape index (κ1) is 21.9. The van der Waals surface area contributed by atoms with E-state index in [1.165, 1.54) is 30.3 Å². The average Bonchev–Trinajstić information content (AvgIpc) is 3.11. The molecule has 3 nitrogen and oxygen atoms in total. The summed E-state index contributed by atoms with van der Waals surface area (Å²) in [5.74, 6) is -5.30. The molecule has 0 N–H and O–H groups in total. The van der Waals surface area contributed by atoms with E-state index in [1.54, 1.807) is 6.92 Å². The SMILES string of the molecule is Cc1ccc(Oc2nnc(C(F)(F)C(F)(F)F)s2)c(-c2cccc(C(F)(F)F)c2)c1. The Labute approximate surface area is 167 Å². The first-order valence-electron chi connectivity index (χ1n) is 8.03. The molecule has 0 amide bonds. The Hall–Kier alpha value is -2.76. The molecule has 0 aliphatic carbocycles. The van der Waals surface area contributed by atoms with Gasteiger partial charge in [0.25, 0.3) is 5.19 Å². The lowest BCUT2D eigenvalue weighted by molar-refractivity contribution is -0.289. The number of aryl methyl sites for hydroxylation is 1. The van der Waals surface area contributed by atoms with Gasteiger partial charge in [0, 0.05) is 5.56 Å². The van der Waals surface area contributed by atoms with Gasteiger partial charge in [0.2, 0.25) is 0 Å². The zero-order valence-corrected chi connectivity index (χ0v) is 15.6. The van der Waals surface area contributed by atoms with Crippen LogP contribution in [0, 0.1) is 6.92 Å². The van der Waals surface area contributed by atoms with Gasteiger partial charge in [0.15, 0.2) is 5.01 Å². The van der Waals surface area contributed by atoms with E-state index in [9.17, 15) is 35.1 Å². The highest BCUT2D eigenvalue weighted by Gasteiger charge is 2.61. The maximum absolute atomic E-state index is 13.4. The van der Waals surface area contributed by atoms with E-state index in [0.717, 1.165) is 12.1 Å². The van der Waals surface area contributed by atoms with Crippen LogP contribution in [-0.4, -0.2) is 16.4 Å². The van der Waals surface area contributed by atoms with E-state index in [0.29, 0.717) is 5.56 Å². The van der Waals surface area contributed by atoms with Crippen molar-refractivity contribution in [3.05, 3.63) is 58.6 Å². The Kier molecular flexibility index (Phi) is 5.48. The number of hydrogen-bond acceptors (Lipinski definition) is 4. The van der Waals surface area contributed by atoms with Crippen molar-refractivity contribution < 1.29 is 39.9 Å². The van der Waals surface area contributed by atoms with E-state index in [1.807, 2.05) is 0 Å². The normalized spacial score (nSPS) is 12.8. The van der Waals surface area contributed by atoms with Crippen LogP contribution in [0.15, 0.2) is 42.5 Å². The number of aromatic nitrogens is 2. The molecule has 0 aliphatic heterocycles. The predicted octanol–water partition coefficient (Wildman–Crippen LogP) is 6.98. The molecule has 3 rings (SSSR count). The van der Waals surface area contributed by atoms with Crippen LogP contribution < -0.4 is 4.74 Å². The Balaban J connectivity index is 1.99. The summed E-state index contributed by atoms with van der Waals surface area (Å²) in [6, 6.07) is 8.64. The molecule has 0 bridgehead atoms. The molecule has 3 aromatic rings. The monoisotopic (exact) mass is 454 g/mol. The van der Waals surface area contributed by atoms with Gasteiger partial charge in [-0.15, -0.1) is 5.10 Å². The van der Waals surface area contributed by atoms with Gasteiger partial charge < -0.3 is 4.74 Å². The van der Waals surface area contributed by atoms with Gasteiger partial charge in [-0.05, 0) is 36.8 Å². The minimum atomic E-state index is -5.86. The number of rotatable bonds is 4. The van der Waals surface area contributed by atoms with Crippen LogP contribution in [0.2, 0.25) is 0 Å². The third-order valence-corrected chi connectivity index (χ3v) is 4.74. The topological polar surface area (TPSA) is 35.0 Å². The minimum Gasteiger partial charge on any atom is -0.429 e. The van der Waals surface area contributed by atoms with Crippen molar-refractivity contribution in [3.8, 4) is 22.1 Å². The maximum atomic E-state index is 13.4. The molecule has 0 saturated carbocycles. The molecule has 2 aromatic carbocycles. The molecule has 0 fully saturated rings. The Morgan fingerprint density at radius 3 is 2.20 bits per heavy atom. The third-order valence-electron chi connectivity index (χ3n) is 3.86. The smallest absolute Gasteiger partial charge is 0.429 e. The minimum absolute atomic E-state index is 0.0852. The van der Waals surface area contributed by atoms with Crippen LogP contribution in [0.3, 0.4) is 0 Å². The second kappa shape index (κ2) is 7.49. The van der Waals surface area contributed by atoms with Crippen molar-refractivity contribution in [3.63, 3.8) is 0 Å². The number of alkyl halides is 8. The zero-order chi connectivity index (χ0) is 22.3. The van der Waals surface area contributed by atoms with E-state index >= 15 is 0 Å². The van der Waals surface area contributed by atoms with Gasteiger partial charge in [0.1, 0.15) is 5.75 Å². The van der Waals surface area contributed by atoms with Crippen LogP contribution in [0.1, 0.15) is 16.1 Å². The van der Waals surface area contributed by atoms with Crippen LogP contribution in [0.25, 0.3) is 11.1 Å². The first-order valence-corrected chi connectivity index (χ1v) is 8.85. The Morgan fingerprint density at radius 2 is 1.57 bits per heavy atom. The van der Waals surface area contributed by atoms with E-state index in [4.69, 9.17) is 4.74 Å². The predicted molar refractivity (Wildman–Crippen MR) is 91.5 cm³/mol. The Morgan fingerprint density at radius 1 is 0.867 bits per heavy atom. The molecule has 0 aliphatic rings. The van der Waals surface area contributed by atoms with E-state index < -0.39 is 34.0 Å². The summed E-state index contributed by atoms with van der Waals surface area (Å²) < 4.78 is 109. The molecule has 0 unspecified atom stereocenters. The van der Waals surface area contributed by atoms with Crippen LogP contribution in [0.5, 0.6) is 10.9 Å². The lowest BCUT2D eigenvalue weighted by atomic mass is 10.00. The fourth-order valence-electron chi connectivity index (χ4n) is 2.41. The second-order valence-corrected chi connectivity index (χ2v) is 7.07. The maximum Gasteiger partial charge on any atom is 0.460 e. The van der Waals surface area contributed by atoms with Crippen LogP contribution in [-0.2, 0) is 12.1 Å². The summed E-state index contributed by atoms with van der Waals surface area (Å²) >= 11 is -0.117. The molecule has 1 aromatic heterocycles. The number of nitrogens with zero attached hydrogens (tertiary/aromatic N) is 2. The van der Waals surface area contributed by atoms with Gasteiger partial charge in [-0.25, -0.2) is 0 Å². The van der Waals surface area contributed by atoms with Crippen LogP contribution >= 0.6 is 11.3 Å². The third kappa shape index (κ3) is 4.37. The van der Waals surface area contributed by atoms with Crippen molar-refractivity contribution in [1.82, 2.24) is 10.2 Å². The standard InChI is InChI=1S/C18H10F8N2OS/c1-9-5-6-13(12(7-9)10-3-2-4-11(8-10)17(21,22)23)29-15-28-27-14(30-15)16(19,20)18(24,25)26/h2-8H,1H3. The summed E-state index contributed by atoms with van der Waals surface area (Å²) in [7, 11) is 0. The van der Waals surface area contributed by atoms with Crippen molar-refractivity contribution in [2.45, 2.75) is 25.2 Å². The van der Waals surface area contributed by atoms with Crippen molar-refractivity contribution >= 4 is 11.3 Å².